The van der Waals surface area contributed by atoms with Crippen molar-refractivity contribution in [3.05, 3.63) is 35.6 Å². The van der Waals surface area contributed by atoms with Crippen LogP contribution in [0.25, 0.3) is 0 Å². The molecule has 0 bridgehead atoms. The molecule has 0 aliphatic carbocycles. The van der Waals surface area contributed by atoms with E-state index in [0.717, 1.165) is 25.1 Å². The maximum absolute atomic E-state index is 13.4. The SMILES string of the molecule is CN1CCC(CN(C)C(C)(CN)Cc2cccc(F)c2)C1. The van der Waals surface area contributed by atoms with Crippen molar-refractivity contribution >= 4 is 0 Å². The monoisotopic (exact) mass is 293 g/mol. The number of rotatable bonds is 6. The predicted molar refractivity (Wildman–Crippen MR) is 85.8 cm³/mol. The van der Waals surface area contributed by atoms with Crippen molar-refractivity contribution in [1.82, 2.24) is 9.80 Å². The van der Waals surface area contributed by atoms with Gasteiger partial charge >= 0.3 is 0 Å². The van der Waals surface area contributed by atoms with Crippen molar-refractivity contribution in [3.63, 3.8) is 0 Å². The van der Waals surface area contributed by atoms with Crippen LogP contribution in [-0.2, 0) is 6.42 Å². The van der Waals surface area contributed by atoms with Crippen molar-refractivity contribution in [2.45, 2.75) is 25.3 Å². The predicted octanol–water partition coefficient (Wildman–Crippen LogP) is 1.97. The quantitative estimate of drug-likeness (QED) is 0.870. The number of hydrogen-bond donors (Lipinski definition) is 1. The third-order valence-corrected chi connectivity index (χ3v) is 4.86. The first kappa shape index (κ1) is 16.4. The molecule has 0 radical (unpaired) electrons. The zero-order valence-electron chi connectivity index (χ0n) is 13.5. The minimum Gasteiger partial charge on any atom is -0.329 e. The van der Waals surface area contributed by atoms with Crippen molar-refractivity contribution in [2.75, 3.05) is 40.3 Å². The highest BCUT2D eigenvalue weighted by Gasteiger charge is 2.31. The molecule has 1 saturated heterocycles. The Morgan fingerprint density at radius 1 is 1.48 bits per heavy atom. The zero-order valence-corrected chi connectivity index (χ0v) is 13.5. The van der Waals surface area contributed by atoms with Crippen LogP contribution >= 0.6 is 0 Å². The first-order valence-corrected chi connectivity index (χ1v) is 7.77. The van der Waals surface area contributed by atoms with Gasteiger partial charge in [-0.15, -0.1) is 0 Å². The Bertz CT molecular complexity index is 465. The Morgan fingerprint density at radius 2 is 2.24 bits per heavy atom. The molecule has 3 nitrogen and oxygen atoms in total. The number of likely N-dealkylation sites (N-methyl/N-ethyl adjacent to an activating group) is 1. The Morgan fingerprint density at radius 3 is 2.81 bits per heavy atom. The van der Waals surface area contributed by atoms with E-state index in [4.69, 9.17) is 5.73 Å². The topological polar surface area (TPSA) is 32.5 Å². The summed E-state index contributed by atoms with van der Waals surface area (Å²) >= 11 is 0. The van der Waals surface area contributed by atoms with Gasteiger partial charge in [-0.05, 0) is 64.0 Å². The Hall–Kier alpha value is -0.970. The molecule has 2 unspecified atom stereocenters. The van der Waals surface area contributed by atoms with Gasteiger partial charge in [0.25, 0.3) is 0 Å². The molecular formula is C17H28FN3. The largest absolute Gasteiger partial charge is 0.329 e. The zero-order chi connectivity index (χ0) is 15.5. The summed E-state index contributed by atoms with van der Waals surface area (Å²) in [4.78, 5) is 4.74. The van der Waals surface area contributed by atoms with Gasteiger partial charge in [-0.2, -0.15) is 0 Å². The second kappa shape index (κ2) is 6.86. The highest BCUT2D eigenvalue weighted by atomic mass is 19.1. The van der Waals surface area contributed by atoms with Crippen LogP contribution in [0.5, 0.6) is 0 Å². The lowest BCUT2D eigenvalue weighted by Crippen LogP contribution is -2.53. The summed E-state index contributed by atoms with van der Waals surface area (Å²) < 4.78 is 13.4. The third-order valence-electron chi connectivity index (χ3n) is 4.86. The van der Waals surface area contributed by atoms with Gasteiger partial charge in [0.15, 0.2) is 0 Å². The number of halogens is 1. The Balaban J connectivity index is 2.01. The van der Waals surface area contributed by atoms with E-state index in [0.29, 0.717) is 12.5 Å². The fourth-order valence-electron chi connectivity index (χ4n) is 3.23. The molecule has 0 spiro atoms. The second-order valence-electron chi connectivity index (χ2n) is 6.81. The van der Waals surface area contributed by atoms with Gasteiger partial charge in [-0.3, -0.25) is 4.90 Å². The van der Waals surface area contributed by atoms with E-state index in [1.54, 1.807) is 12.1 Å². The first-order valence-electron chi connectivity index (χ1n) is 7.77. The molecule has 1 aliphatic rings. The third kappa shape index (κ3) is 4.25. The van der Waals surface area contributed by atoms with E-state index in [1.165, 1.54) is 19.0 Å². The van der Waals surface area contributed by atoms with Gasteiger partial charge in [0.2, 0.25) is 0 Å². The molecule has 1 aromatic carbocycles. The number of nitrogens with zero attached hydrogens (tertiary/aromatic N) is 2. The first-order chi connectivity index (χ1) is 9.93. The van der Waals surface area contributed by atoms with Gasteiger partial charge in [0.05, 0.1) is 0 Å². The molecule has 0 amide bonds. The van der Waals surface area contributed by atoms with E-state index in [2.05, 4.69) is 30.8 Å². The molecule has 0 saturated carbocycles. The van der Waals surface area contributed by atoms with E-state index in [9.17, 15) is 4.39 Å². The van der Waals surface area contributed by atoms with Crippen molar-refractivity contribution < 1.29 is 4.39 Å². The molecule has 1 aliphatic heterocycles. The summed E-state index contributed by atoms with van der Waals surface area (Å²) in [5, 5.41) is 0. The number of likely N-dealkylation sites (tertiary alicyclic amines) is 1. The maximum Gasteiger partial charge on any atom is 0.123 e. The maximum atomic E-state index is 13.4. The van der Waals surface area contributed by atoms with Crippen molar-refractivity contribution in [3.8, 4) is 0 Å². The summed E-state index contributed by atoms with van der Waals surface area (Å²) in [6.07, 6.45) is 2.03. The molecule has 1 fully saturated rings. The van der Waals surface area contributed by atoms with E-state index < -0.39 is 0 Å². The van der Waals surface area contributed by atoms with E-state index in [1.807, 2.05) is 6.07 Å². The van der Waals surface area contributed by atoms with E-state index in [-0.39, 0.29) is 11.4 Å². The molecule has 21 heavy (non-hydrogen) atoms. The molecule has 1 heterocycles. The lowest BCUT2D eigenvalue weighted by atomic mass is 9.90. The van der Waals surface area contributed by atoms with Gasteiger partial charge < -0.3 is 10.6 Å². The van der Waals surface area contributed by atoms with Crippen molar-refractivity contribution in [1.29, 1.82) is 0 Å². The van der Waals surface area contributed by atoms with E-state index >= 15 is 0 Å². The summed E-state index contributed by atoms with van der Waals surface area (Å²) in [6.45, 7) is 6.14. The number of hydrogen-bond acceptors (Lipinski definition) is 3. The number of nitrogens with two attached hydrogens (primary N) is 1. The average molecular weight is 293 g/mol. The second-order valence-corrected chi connectivity index (χ2v) is 6.81. The van der Waals surface area contributed by atoms with Gasteiger partial charge in [0.1, 0.15) is 5.82 Å². The summed E-state index contributed by atoms with van der Waals surface area (Å²) in [5.74, 6) is 0.533. The van der Waals surface area contributed by atoms with Gasteiger partial charge in [-0.25, -0.2) is 4.39 Å². The number of benzene rings is 1. The highest BCUT2D eigenvalue weighted by Crippen LogP contribution is 2.23. The van der Waals surface area contributed by atoms with Crippen LogP contribution in [0.3, 0.4) is 0 Å². The van der Waals surface area contributed by atoms with Crippen LogP contribution in [0.1, 0.15) is 18.9 Å². The molecule has 2 atom stereocenters. The molecule has 118 valence electrons. The summed E-state index contributed by atoms with van der Waals surface area (Å²) in [5.41, 5.74) is 6.93. The average Bonchev–Trinajstić information content (AvgIpc) is 2.84. The molecular weight excluding hydrogens is 265 g/mol. The fraction of sp³-hybridized carbons (Fsp3) is 0.647. The molecule has 0 aromatic heterocycles. The molecule has 2 N–H and O–H groups in total. The Labute approximate surface area is 127 Å². The fourth-order valence-corrected chi connectivity index (χ4v) is 3.23. The minimum atomic E-state index is -0.174. The van der Waals surface area contributed by atoms with Crippen LogP contribution in [0.2, 0.25) is 0 Å². The standard InChI is InChI=1S/C17H28FN3/c1-17(13-19,10-14-5-4-6-16(18)9-14)21(3)12-15-7-8-20(2)11-15/h4-6,9,15H,7-8,10-13,19H2,1-3H3. The van der Waals surface area contributed by atoms with Gasteiger partial charge in [0, 0.05) is 25.2 Å². The van der Waals surface area contributed by atoms with Crippen LogP contribution in [0.4, 0.5) is 4.39 Å². The van der Waals surface area contributed by atoms with Crippen LogP contribution in [-0.4, -0.2) is 55.6 Å². The van der Waals surface area contributed by atoms with Crippen LogP contribution < -0.4 is 5.73 Å². The normalized spacial score (nSPS) is 22.7. The highest BCUT2D eigenvalue weighted by molar-refractivity contribution is 5.19. The summed E-state index contributed by atoms with van der Waals surface area (Å²) in [6, 6.07) is 6.86. The Kier molecular flexibility index (Phi) is 5.36. The van der Waals surface area contributed by atoms with Crippen LogP contribution in [0, 0.1) is 11.7 Å². The molecule has 2 rings (SSSR count). The summed E-state index contributed by atoms with van der Waals surface area (Å²) in [7, 11) is 4.32. The molecule has 1 aromatic rings. The minimum absolute atomic E-state index is 0.130. The van der Waals surface area contributed by atoms with Gasteiger partial charge in [-0.1, -0.05) is 12.1 Å². The molecule has 4 heteroatoms. The lowest BCUT2D eigenvalue weighted by Gasteiger charge is -2.39. The lowest BCUT2D eigenvalue weighted by molar-refractivity contribution is 0.123. The smallest absolute Gasteiger partial charge is 0.123 e. The van der Waals surface area contributed by atoms with Crippen LogP contribution in [0.15, 0.2) is 24.3 Å². The van der Waals surface area contributed by atoms with Crippen molar-refractivity contribution in [2.24, 2.45) is 11.7 Å².